The van der Waals surface area contributed by atoms with Gasteiger partial charge in [0.1, 0.15) is 12.4 Å². The first-order chi connectivity index (χ1) is 9.15. The average Bonchev–Trinajstić information content (AvgIpc) is 3.02. The fourth-order valence-electron chi connectivity index (χ4n) is 2.76. The number of aliphatic imine (C=N–C) groups is 1. The molecule has 0 radical (unpaired) electrons. The third-order valence-corrected chi connectivity index (χ3v) is 3.64. The Morgan fingerprint density at radius 3 is 3.05 bits per heavy atom. The largest absolute Gasteiger partial charge is 0.445 e. The van der Waals surface area contributed by atoms with Crippen molar-refractivity contribution in [3.63, 3.8) is 0 Å². The second kappa shape index (κ2) is 6.08. The van der Waals surface area contributed by atoms with Gasteiger partial charge in [0.25, 0.3) is 0 Å². The van der Waals surface area contributed by atoms with Crippen molar-refractivity contribution in [2.24, 2.45) is 4.99 Å². The molecule has 0 bridgehead atoms. The molecular formula is C14H23N3O2. The van der Waals surface area contributed by atoms with Crippen molar-refractivity contribution in [3.8, 4) is 0 Å². The van der Waals surface area contributed by atoms with E-state index in [2.05, 4.69) is 30.3 Å². The van der Waals surface area contributed by atoms with Gasteiger partial charge in [0.15, 0.2) is 0 Å². The van der Waals surface area contributed by atoms with Gasteiger partial charge in [-0.3, -0.25) is 9.89 Å². The Morgan fingerprint density at radius 2 is 2.37 bits per heavy atom. The predicted octanol–water partition coefficient (Wildman–Crippen LogP) is 1.90. The molecule has 2 aliphatic heterocycles. The predicted molar refractivity (Wildman–Crippen MR) is 75.4 cm³/mol. The lowest BCUT2D eigenvalue weighted by molar-refractivity contribution is 0.114. The van der Waals surface area contributed by atoms with Crippen LogP contribution in [0.15, 0.2) is 17.6 Å². The second-order valence-electron chi connectivity index (χ2n) is 5.24. The molecule has 1 amide bonds. The molecule has 19 heavy (non-hydrogen) atoms. The summed E-state index contributed by atoms with van der Waals surface area (Å²) < 4.78 is 5.16. The van der Waals surface area contributed by atoms with Crippen LogP contribution in [0.25, 0.3) is 0 Å². The van der Waals surface area contributed by atoms with Gasteiger partial charge < -0.3 is 9.64 Å². The lowest BCUT2D eigenvalue weighted by atomic mass is 10.1. The number of nitrogens with zero attached hydrogens (tertiary/aromatic N) is 3. The van der Waals surface area contributed by atoms with Crippen LogP contribution in [-0.4, -0.2) is 60.1 Å². The Morgan fingerprint density at radius 1 is 1.58 bits per heavy atom. The molecule has 0 aliphatic carbocycles. The van der Waals surface area contributed by atoms with Crippen LogP contribution in [0.5, 0.6) is 0 Å². The smallest absolute Gasteiger partial charge is 0.410 e. The molecule has 1 saturated heterocycles. The lowest BCUT2D eigenvalue weighted by Crippen LogP contribution is -2.48. The van der Waals surface area contributed by atoms with E-state index >= 15 is 0 Å². The third-order valence-electron chi connectivity index (χ3n) is 3.64. The van der Waals surface area contributed by atoms with Gasteiger partial charge in [0, 0.05) is 19.1 Å². The SMILES string of the molecule is C=CCOC(=O)N1CCCC1C1=NCCN1C(C)C. The highest BCUT2D eigenvalue weighted by Gasteiger charge is 2.37. The summed E-state index contributed by atoms with van der Waals surface area (Å²) in [5.74, 6) is 1.06. The highest BCUT2D eigenvalue weighted by atomic mass is 16.6. The van der Waals surface area contributed by atoms with Crippen molar-refractivity contribution in [2.45, 2.75) is 38.8 Å². The van der Waals surface area contributed by atoms with E-state index in [1.54, 1.807) is 6.08 Å². The minimum atomic E-state index is -0.249. The minimum Gasteiger partial charge on any atom is -0.445 e. The van der Waals surface area contributed by atoms with Crippen LogP contribution in [0.1, 0.15) is 26.7 Å². The van der Waals surface area contributed by atoms with Gasteiger partial charge in [-0.15, -0.1) is 0 Å². The Hall–Kier alpha value is -1.52. The van der Waals surface area contributed by atoms with Crippen LogP contribution < -0.4 is 0 Å². The summed E-state index contributed by atoms with van der Waals surface area (Å²) in [6.45, 7) is 10.7. The summed E-state index contributed by atoms with van der Waals surface area (Å²) in [5.41, 5.74) is 0. The van der Waals surface area contributed by atoms with E-state index in [-0.39, 0.29) is 18.7 Å². The monoisotopic (exact) mass is 265 g/mol. The summed E-state index contributed by atoms with van der Waals surface area (Å²) in [7, 11) is 0. The minimum absolute atomic E-state index is 0.0854. The number of hydrogen-bond acceptors (Lipinski definition) is 4. The zero-order valence-corrected chi connectivity index (χ0v) is 11.8. The Bertz CT molecular complexity index is 379. The maximum absolute atomic E-state index is 12.0. The van der Waals surface area contributed by atoms with E-state index < -0.39 is 0 Å². The van der Waals surface area contributed by atoms with Crippen molar-refractivity contribution in [3.05, 3.63) is 12.7 Å². The van der Waals surface area contributed by atoms with Gasteiger partial charge in [-0.1, -0.05) is 12.7 Å². The topological polar surface area (TPSA) is 45.1 Å². The first-order valence-corrected chi connectivity index (χ1v) is 7.00. The molecule has 0 aromatic rings. The number of ether oxygens (including phenoxy) is 1. The average molecular weight is 265 g/mol. The molecule has 2 rings (SSSR count). The first-order valence-electron chi connectivity index (χ1n) is 7.00. The summed E-state index contributed by atoms with van der Waals surface area (Å²) in [4.78, 5) is 20.7. The molecule has 5 nitrogen and oxygen atoms in total. The number of amides is 1. The molecule has 1 fully saturated rings. The van der Waals surface area contributed by atoms with E-state index in [4.69, 9.17) is 4.74 Å². The van der Waals surface area contributed by atoms with E-state index in [0.717, 1.165) is 38.3 Å². The number of carbonyl (C=O) groups is 1. The molecule has 0 aromatic heterocycles. The number of amidine groups is 1. The molecular weight excluding hydrogens is 242 g/mol. The Kier molecular flexibility index (Phi) is 4.45. The molecule has 2 heterocycles. The Labute approximate surface area is 114 Å². The lowest BCUT2D eigenvalue weighted by Gasteiger charge is -2.32. The normalized spacial score (nSPS) is 22.9. The number of hydrogen-bond donors (Lipinski definition) is 0. The fourth-order valence-corrected chi connectivity index (χ4v) is 2.76. The molecule has 2 aliphatic rings. The van der Waals surface area contributed by atoms with Gasteiger partial charge in [0.2, 0.25) is 0 Å². The van der Waals surface area contributed by atoms with Gasteiger partial charge in [-0.05, 0) is 26.7 Å². The van der Waals surface area contributed by atoms with E-state index in [9.17, 15) is 4.79 Å². The van der Waals surface area contributed by atoms with Crippen molar-refractivity contribution < 1.29 is 9.53 Å². The molecule has 1 unspecified atom stereocenters. The van der Waals surface area contributed by atoms with E-state index in [1.807, 2.05) is 4.90 Å². The molecule has 0 saturated carbocycles. The maximum atomic E-state index is 12.0. The molecule has 5 heteroatoms. The maximum Gasteiger partial charge on any atom is 0.410 e. The van der Waals surface area contributed by atoms with Gasteiger partial charge >= 0.3 is 6.09 Å². The van der Waals surface area contributed by atoms with Gasteiger partial charge in [-0.2, -0.15) is 0 Å². The van der Waals surface area contributed by atoms with Crippen LogP contribution in [0.3, 0.4) is 0 Å². The summed E-state index contributed by atoms with van der Waals surface area (Å²) >= 11 is 0. The Balaban J connectivity index is 2.06. The van der Waals surface area contributed by atoms with Crippen LogP contribution in [0.2, 0.25) is 0 Å². The first kappa shape index (κ1) is 13.9. The van der Waals surface area contributed by atoms with Crippen LogP contribution >= 0.6 is 0 Å². The van der Waals surface area contributed by atoms with Crippen LogP contribution in [0.4, 0.5) is 4.79 Å². The van der Waals surface area contributed by atoms with Crippen LogP contribution in [0, 0.1) is 0 Å². The second-order valence-corrected chi connectivity index (χ2v) is 5.24. The fraction of sp³-hybridized carbons (Fsp3) is 0.714. The molecule has 106 valence electrons. The van der Waals surface area contributed by atoms with Gasteiger partial charge in [0.05, 0.1) is 12.6 Å². The van der Waals surface area contributed by atoms with Crippen molar-refractivity contribution in [2.75, 3.05) is 26.2 Å². The molecule has 1 atom stereocenters. The third kappa shape index (κ3) is 2.91. The van der Waals surface area contributed by atoms with Crippen LogP contribution in [-0.2, 0) is 4.74 Å². The highest BCUT2D eigenvalue weighted by molar-refractivity contribution is 5.92. The number of likely N-dealkylation sites (tertiary alicyclic amines) is 1. The zero-order chi connectivity index (χ0) is 13.8. The zero-order valence-electron chi connectivity index (χ0n) is 11.8. The van der Waals surface area contributed by atoms with Crippen molar-refractivity contribution in [1.82, 2.24) is 9.80 Å². The summed E-state index contributed by atoms with van der Waals surface area (Å²) in [5, 5.41) is 0. The highest BCUT2D eigenvalue weighted by Crippen LogP contribution is 2.24. The summed E-state index contributed by atoms with van der Waals surface area (Å²) in [6, 6.07) is 0.509. The van der Waals surface area contributed by atoms with E-state index in [0.29, 0.717) is 6.04 Å². The number of carbonyl (C=O) groups excluding carboxylic acids is 1. The van der Waals surface area contributed by atoms with Crippen molar-refractivity contribution >= 4 is 11.9 Å². The van der Waals surface area contributed by atoms with Gasteiger partial charge in [-0.25, -0.2) is 4.79 Å². The quantitative estimate of drug-likeness (QED) is 0.729. The van der Waals surface area contributed by atoms with E-state index in [1.165, 1.54) is 0 Å². The van der Waals surface area contributed by atoms with Crippen molar-refractivity contribution in [1.29, 1.82) is 0 Å². The molecule has 0 aromatic carbocycles. The number of rotatable bonds is 4. The molecule has 0 spiro atoms. The molecule has 0 N–H and O–H groups in total. The standard InChI is InChI=1S/C14H23N3O2/c1-4-10-19-14(18)17-8-5-6-12(17)13-15-7-9-16(13)11(2)3/h4,11-12H,1,5-10H2,2-3H3. The summed E-state index contributed by atoms with van der Waals surface area (Å²) in [6.07, 6.45) is 3.33.